The van der Waals surface area contributed by atoms with E-state index in [9.17, 15) is 0 Å². The predicted molar refractivity (Wildman–Crippen MR) is 609 cm³/mol. The van der Waals surface area contributed by atoms with Crippen LogP contribution in [0.3, 0.4) is 0 Å². The first-order chi connectivity index (χ1) is 65.7. The van der Waals surface area contributed by atoms with Gasteiger partial charge in [-0.15, -0.1) is 0 Å². The number of hydrogen-bond donors (Lipinski definition) is 0. The molecule has 0 radical (unpaired) electrons. The first kappa shape index (κ1) is 93.6. The molecule has 15 aromatic carbocycles. The summed E-state index contributed by atoms with van der Waals surface area (Å²) >= 11 is 0. The summed E-state index contributed by atoms with van der Waals surface area (Å²) in [6, 6.07) is 118. The Morgan fingerprint density at radius 1 is 0.143 bits per heavy atom. The Balaban J connectivity index is 0.874. The third-order valence-electron chi connectivity index (χ3n) is 31.9. The monoisotopic (exact) mass is 1830 g/mol. The van der Waals surface area contributed by atoms with Gasteiger partial charge in [0.25, 0.3) is 20.1 Å². The fourth-order valence-corrected chi connectivity index (χ4v) is 23.6. The largest absolute Gasteiger partial charge is 0.311 e. The fourth-order valence-electron chi connectivity index (χ4n) is 23.6. The molecule has 9 heteroatoms. The van der Waals surface area contributed by atoms with Crippen LogP contribution in [0.2, 0.25) is 0 Å². The Labute approximate surface area is 838 Å². The van der Waals surface area contributed by atoms with Gasteiger partial charge in [-0.25, -0.2) is 0 Å². The Hall–Kier alpha value is -12.7. The lowest BCUT2D eigenvalue weighted by molar-refractivity contribution is 0.590. The summed E-state index contributed by atoms with van der Waals surface area (Å²) in [4.78, 5) is 15.8. The molecule has 0 atom stereocenters. The van der Waals surface area contributed by atoms with Crippen LogP contribution >= 0.6 is 0 Å². The lowest BCUT2D eigenvalue weighted by atomic mass is 9.33. The van der Waals surface area contributed by atoms with E-state index in [4.69, 9.17) is 0 Å². The maximum Gasteiger partial charge on any atom is 0.252 e. The van der Waals surface area contributed by atoms with E-state index in [1.54, 1.807) is 0 Å². The first-order valence-electron chi connectivity index (χ1n) is 51.4. The van der Waals surface area contributed by atoms with E-state index in [0.717, 1.165) is 34.1 Å². The molecule has 0 bridgehead atoms. The van der Waals surface area contributed by atoms with Gasteiger partial charge in [0.1, 0.15) is 0 Å². The third kappa shape index (κ3) is 15.5. The summed E-state index contributed by atoms with van der Waals surface area (Å²) < 4.78 is 0. The van der Waals surface area contributed by atoms with Crippen LogP contribution in [0.25, 0.3) is 0 Å². The van der Waals surface area contributed by atoms with E-state index in [-0.39, 0.29) is 68.9 Å². The standard InChI is InChI=1S/C131H141B3N6/c1-80-68-113-119-116(71-80)138(98-56-38-86(39-57-98)125(13,14)15)110-77-92(44-62-101(110)132(119)104-74-89(128(22,23)24)47-65-107(104)135(113)95-50-32-83(33-51-95)122(4,5)6)131(31,93-45-63-102-111(78-93)139(99-58-40-87(41-59-99)126(16,17)18)117-72-81(2)69-114-120(117)133(102)105-75-90(129(25,26)27)48-66-108(105)136(114)96-52-34-84(35-53-96)123(7,8)9)94-46-64-103-112(79-94)140(100-60-42-88(43-61-100)127(19,20)21)118-73-82(3)70-115-121(118)134(103)106-76-91(130(28,29)30)49-67-109(106)137(115)97-54-36-85(37-55-97)124(10,11)12/h32-79H,1-31H3. The highest BCUT2D eigenvalue weighted by Gasteiger charge is 2.51. The molecule has 704 valence electrons. The molecule has 0 spiro atoms. The Morgan fingerprint density at radius 3 is 0.471 bits per heavy atom. The molecule has 0 saturated heterocycles. The maximum atomic E-state index is 2.68. The zero-order valence-corrected chi connectivity index (χ0v) is 89.1. The van der Waals surface area contributed by atoms with Crippen LogP contribution < -0.4 is 78.6 Å². The maximum absolute atomic E-state index is 2.68. The van der Waals surface area contributed by atoms with Crippen LogP contribution in [0, 0.1) is 20.8 Å². The summed E-state index contributed by atoms with van der Waals surface area (Å²) in [7, 11) is 0. The third-order valence-corrected chi connectivity index (χ3v) is 31.9. The lowest BCUT2D eigenvalue weighted by Gasteiger charge is -2.46. The second kappa shape index (κ2) is 32.2. The van der Waals surface area contributed by atoms with Gasteiger partial charge in [0.05, 0.1) is 0 Å². The summed E-state index contributed by atoms with van der Waals surface area (Å²) in [5.41, 5.74) is 50.1. The second-order valence-electron chi connectivity index (χ2n) is 51.3. The van der Waals surface area contributed by atoms with Gasteiger partial charge in [0.15, 0.2) is 0 Å². The average molecular weight is 1830 g/mol. The van der Waals surface area contributed by atoms with Gasteiger partial charge in [-0.1, -0.05) is 333 Å². The van der Waals surface area contributed by atoms with Crippen molar-refractivity contribution >= 4 is 172 Å². The van der Waals surface area contributed by atoms with Gasteiger partial charge in [-0.2, -0.15) is 0 Å². The molecule has 140 heavy (non-hydrogen) atoms. The van der Waals surface area contributed by atoms with Crippen molar-refractivity contribution in [2.45, 2.75) is 269 Å². The molecule has 21 rings (SSSR count). The fraction of sp³-hybridized carbons (Fsp3) is 0.313. The van der Waals surface area contributed by atoms with Crippen LogP contribution in [-0.4, -0.2) is 20.1 Å². The predicted octanol–water partition coefficient (Wildman–Crippen LogP) is 29.9. The van der Waals surface area contributed by atoms with Gasteiger partial charge < -0.3 is 29.4 Å². The van der Waals surface area contributed by atoms with E-state index in [1.807, 2.05) is 0 Å². The number of nitrogens with zero attached hydrogens (tertiary/aromatic N) is 6. The Morgan fingerprint density at radius 2 is 0.300 bits per heavy atom. The molecule has 0 fully saturated rings. The quantitative estimate of drug-likeness (QED) is 0.105. The molecule has 0 saturated carbocycles. The van der Waals surface area contributed by atoms with E-state index >= 15 is 0 Å². The van der Waals surface area contributed by atoms with Crippen molar-refractivity contribution in [2.24, 2.45) is 0 Å². The van der Waals surface area contributed by atoms with Crippen LogP contribution in [0.4, 0.5) is 102 Å². The van der Waals surface area contributed by atoms with Crippen molar-refractivity contribution in [1.29, 1.82) is 0 Å². The topological polar surface area (TPSA) is 19.4 Å². The van der Waals surface area contributed by atoms with Crippen molar-refractivity contribution in [3.63, 3.8) is 0 Å². The minimum absolute atomic E-state index is 0.0238. The van der Waals surface area contributed by atoms with Gasteiger partial charge in [-0.3, -0.25) is 0 Å². The van der Waals surface area contributed by atoms with Crippen molar-refractivity contribution in [3.05, 3.63) is 375 Å². The summed E-state index contributed by atoms with van der Waals surface area (Å²) in [5.74, 6) is 0. The number of hydrogen-bond acceptors (Lipinski definition) is 6. The molecular formula is C131H141B3N6. The molecule has 6 aliphatic heterocycles. The van der Waals surface area contributed by atoms with Gasteiger partial charge in [0, 0.05) is 108 Å². The molecular weight excluding hydrogens is 1690 g/mol. The molecule has 0 unspecified atom stereocenters. The van der Waals surface area contributed by atoms with Crippen LogP contribution in [0.5, 0.6) is 0 Å². The molecule has 15 aromatic rings. The van der Waals surface area contributed by atoms with Crippen LogP contribution in [-0.2, 0) is 54.1 Å². The molecule has 6 aliphatic rings. The average Bonchev–Trinajstić information content (AvgIpc) is 0.691. The smallest absolute Gasteiger partial charge is 0.252 e. The summed E-state index contributed by atoms with van der Waals surface area (Å²) in [6.45, 7) is 72.5. The summed E-state index contributed by atoms with van der Waals surface area (Å²) in [6.07, 6.45) is 0. The Bertz CT molecular complexity index is 6810. The van der Waals surface area contributed by atoms with Gasteiger partial charge in [0.2, 0.25) is 0 Å². The number of anilines is 18. The number of fused-ring (bicyclic) bond motifs is 12. The van der Waals surface area contributed by atoms with Crippen LogP contribution in [0.1, 0.15) is 277 Å². The van der Waals surface area contributed by atoms with Crippen molar-refractivity contribution in [3.8, 4) is 0 Å². The van der Waals surface area contributed by atoms with E-state index in [0.29, 0.717) is 0 Å². The molecule has 6 heterocycles. The van der Waals surface area contributed by atoms with Crippen molar-refractivity contribution < 1.29 is 0 Å². The summed E-state index contributed by atoms with van der Waals surface area (Å²) in [5, 5.41) is 0. The van der Waals surface area contributed by atoms with Gasteiger partial charge >= 0.3 is 0 Å². The number of rotatable bonds is 9. The number of benzene rings is 15. The molecule has 0 amide bonds. The zero-order chi connectivity index (χ0) is 99.4. The SMILES string of the molecule is Cc1cc2c3c(c1)N(c1ccc(C(C)(C)C)cc1)c1cc(C(C)(c4ccc5c(c4)N(c4ccc(C(C)(C)C)cc4)c4cc(C)cc6c4B5c4cc(C(C)(C)C)ccc4N6c4ccc(C(C)(C)C)cc4)c4ccc5c(c4)N(c4ccc(C(C)(C)C)cc4)c4cc(C)cc6c4B5c4cc(C(C)(C)C)ccc4N6c4ccc(C(C)(C)C)cc4)ccc1B3c1cc(C(C)(C)C)ccc1N2c1ccc(C(C)(C)C)cc1. The normalized spacial score (nSPS) is 14.6. The number of aryl methyl sites for hydroxylation is 3. The highest BCUT2D eigenvalue weighted by atomic mass is 15.2. The Kier molecular flexibility index (Phi) is 21.5. The molecule has 0 N–H and O–H groups in total. The molecule has 0 aromatic heterocycles. The lowest BCUT2D eigenvalue weighted by Crippen LogP contribution is -2.62. The zero-order valence-electron chi connectivity index (χ0n) is 89.1. The van der Waals surface area contributed by atoms with E-state index in [1.165, 1.54) is 201 Å². The van der Waals surface area contributed by atoms with E-state index < -0.39 is 5.41 Å². The highest BCUT2D eigenvalue weighted by molar-refractivity contribution is 7.02. The van der Waals surface area contributed by atoms with Crippen molar-refractivity contribution in [1.82, 2.24) is 0 Å². The van der Waals surface area contributed by atoms with Crippen molar-refractivity contribution in [2.75, 3.05) is 29.4 Å². The molecule has 6 nitrogen and oxygen atoms in total. The second-order valence-corrected chi connectivity index (χ2v) is 51.3. The van der Waals surface area contributed by atoms with E-state index in [2.05, 4.69) is 535 Å². The molecule has 0 aliphatic carbocycles. The van der Waals surface area contributed by atoms with Crippen LogP contribution in [0.15, 0.2) is 291 Å². The minimum atomic E-state index is -0.932. The minimum Gasteiger partial charge on any atom is -0.311 e. The highest BCUT2D eigenvalue weighted by Crippen LogP contribution is 2.55. The van der Waals surface area contributed by atoms with Gasteiger partial charge in [-0.05, 0) is 355 Å². The first-order valence-corrected chi connectivity index (χ1v) is 51.4.